The summed E-state index contributed by atoms with van der Waals surface area (Å²) in [6.07, 6.45) is 0. The van der Waals surface area contributed by atoms with Crippen LogP contribution < -0.4 is 10.6 Å². The summed E-state index contributed by atoms with van der Waals surface area (Å²) in [6.45, 7) is 0. The molecule has 0 bridgehead atoms. The number of carbonyl (C=O) groups is 2. The van der Waals surface area contributed by atoms with Crippen molar-refractivity contribution in [2.45, 2.75) is 0 Å². The smallest absolute Gasteiger partial charge is 0.260 e. The summed E-state index contributed by atoms with van der Waals surface area (Å²) < 4.78 is 0. The minimum Gasteiger partial charge on any atom is -0.387 e. The summed E-state index contributed by atoms with van der Waals surface area (Å²) in [5.74, 6) is -0.894. The number of amides is 2. The molecule has 0 aliphatic carbocycles. The highest BCUT2D eigenvalue weighted by molar-refractivity contribution is 6.45. The molecule has 0 saturated carbocycles. The van der Waals surface area contributed by atoms with E-state index in [0.29, 0.717) is 37.6 Å². The van der Waals surface area contributed by atoms with E-state index in [-0.39, 0.29) is 0 Å². The van der Waals surface area contributed by atoms with Crippen LogP contribution in [0.1, 0.15) is 20.7 Å². The van der Waals surface area contributed by atoms with Crippen molar-refractivity contribution in [1.82, 2.24) is 5.32 Å². The summed E-state index contributed by atoms with van der Waals surface area (Å²) in [6, 6.07) is 4.82. The van der Waals surface area contributed by atoms with Crippen molar-refractivity contribution in [3.8, 4) is 0 Å². The molecule has 1 heterocycles. The van der Waals surface area contributed by atoms with Gasteiger partial charge in [0, 0.05) is 34.1 Å². The quantitative estimate of drug-likeness (QED) is 0.795. The lowest BCUT2D eigenvalue weighted by atomic mass is 9.93. The highest BCUT2D eigenvalue weighted by Crippen LogP contribution is 2.40. The van der Waals surface area contributed by atoms with Gasteiger partial charge in [0.25, 0.3) is 11.8 Å². The molecule has 0 fully saturated rings. The second-order valence-electron chi connectivity index (χ2n) is 4.16. The highest BCUT2D eigenvalue weighted by Gasteiger charge is 2.29. The summed E-state index contributed by atoms with van der Waals surface area (Å²) in [4.78, 5) is 23.9. The summed E-state index contributed by atoms with van der Waals surface area (Å²) in [5.41, 5.74) is 1.35. The maximum absolute atomic E-state index is 12.0. The van der Waals surface area contributed by atoms with Crippen LogP contribution in [0.15, 0.2) is 18.2 Å². The number of nitrogens with one attached hydrogen (secondary N) is 2. The lowest BCUT2D eigenvalue weighted by Gasteiger charge is -2.20. The topological polar surface area (TPSA) is 58.2 Å². The molecular weight excluding hydrogens is 287 g/mol. The van der Waals surface area contributed by atoms with Gasteiger partial charge in [0.05, 0.1) is 10.6 Å². The van der Waals surface area contributed by atoms with Crippen LogP contribution in [0.2, 0.25) is 10.0 Å². The second-order valence-corrected chi connectivity index (χ2v) is 4.97. The molecule has 0 unspecified atom stereocenters. The van der Waals surface area contributed by atoms with Gasteiger partial charge < -0.3 is 5.32 Å². The Hall–Kier alpha value is -1.78. The van der Waals surface area contributed by atoms with E-state index < -0.39 is 11.8 Å². The molecule has 96 valence electrons. The van der Waals surface area contributed by atoms with Crippen molar-refractivity contribution in [2.75, 3.05) is 12.4 Å². The van der Waals surface area contributed by atoms with Crippen LogP contribution in [-0.4, -0.2) is 18.9 Å². The number of carbonyl (C=O) groups excluding carboxylic acids is 2. The van der Waals surface area contributed by atoms with Crippen LogP contribution in [0.4, 0.5) is 5.69 Å². The van der Waals surface area contributed by atoms with Gasteiger partial charge in [-0.3, -0.25) is 14.9 Å². The van der Waals surface area contributed by atoms with E-state index in [1.54, 1.807) is 25.2 Å². The van der Waals surface area contributed by atoms with Crippen LogP contribution in [0.3, 0.4) is 0 Å². The van der Waals surface area contributed by atoms with Gasteiger partial charge in [-0.1, -0.05) is 23.2 Å². The SMILES string of the molecule is CNc1cc(Cl)c2c(Cl)ccc3c2c1C(=O)NC3=O. The third kappa shape index (κ3) is 1.60. The molecule has 2 amide bonds. The van der Waals surface area contributed by atoms with Gasteiger partial charge in [-0.15, -0.1) is 0 Å². The monoisotopic (exact) mass is 294 g/mol. The number of imide groups is 1. The minimum atomic E-state index is -0.453. The van der Waals surface area contributed by atoms with E-state index in [1.165, 1.54) is 0 Å². The predicted octanol–water partition coefficient (Wildman–Crippen LogP) is 3.07. The molecule has 0 radical (unpaired) electrons. The van der Waals surface area contributed by atoms with Crippen molar-refractivity contribution in [3.05, 3.63) is 39.4 Å². The summed E-state index contributed by atoms with van der Waals surface area (Å²) >= 11 is 12.3. The van der Waals surface area contributed by atoms with Gasteiger partial charge >= 0.3 is 0 Å². The third-order valence-electron chi connectivity index (χ3n) is 3.15. The van der Waals surface area contributed by atoms with Gasteiger partial charge in [-0.25, -0.2) is 0 Å². The minimum absolute atomic E-state index is 0.388. The Kier molecular flexibility index (Phi) is 2.66. The first-order valence-corrected chi connectivity index (χ1v) is 6.28. The Morgan fingerprint density at radius 1 is 1.05 bits per heavy atom. The van der Waals surface area contributed by atoms with E-state index >= 15 is 0 Å². The lowest BCUT2D eigenvalue weighted by Crippen LogP contribution is -2.35. The number of benzene rings is 2. The molecule has 2 aromatic carbocycles. The summed E-state index contributed by atoms with van der Waals surface area (Å²) in [5, 5.41) is 7.05. The number of hydrogen-bond donors (Lipinski definition) is 2. The van der Waals surface area contributed by atoms with Crippen LogP contribution >= 0.6 is 23.2 Å². The van der Waals surface area contributed by atoms with Crippen molar-refractivity contribution in [1.29, 1.82) is 0 Å². The molecule has 0 atom stereocenters. The normalized spacial score (nSPS) is 13.6. The molecule has 3 rings (SSSR count). The number of anilines is 1. The fourth-order valence-electron chi connectivity index (χ4n) is 2.33. The maximum atomic E-state index is 12.0. The van der Waals surface area contributed by atoms with Gasteiger partial charge in [0.15, 0.2) is 0 Å². The van der Waals surface area contributed by atoms with Crippen LogP contribution in [0.25, 0.3) is 10.8 Å². The largest absolute Gasteiger partial charge is 0.387 e. The van der Waals surface area contributed by atoms with Crippen LogP contribution in [-0.2, 0) is 0 Å². The molecule has 0 spiro atoms. The first-order valence-electron chi connectivity index (χ1n) is 5.52. The Bertz CT molecular complexity index is 756. The van der Waals surface area contributed by atoms with Crippen molar-refractivity contribution in [3.63, 3.8) is 0 Å². The van der Waals surface area contributed by atoms with Crippen LogP contribution in [0, 0.1) is 0 Å². The van der Waals surface area contributed by atoms with Gasteiger partial charge in [0.1, 0.15) is 0 Å². The van der Waals surface area contributed by atoms with Gasteiger partial charge in [-0.2, -0.15) is 0 Å². The first kappa shape index (κ1) is 12.3. The van der Waals surface area contributed by atoms with Crippen molar-refractivity contribution >= 4 is 51.5 Å². The highest BCUT2D eigenvalue weighted by atomic mass is 35.5. The second kappa shape index (κ2) is 4.11. The zero-order valence-corrected chi connectivity index (χ0v) is 11.3. The zero-order valence-electron chi connectivity index (χ0n) is 9.80. The fourth-order valence-corrected chi connectivity index (χ4v) is 2.94. The molecule has 2 N–H and O–H groups in total. The Morgan fingerprint density at radius 3 is 2.47 bits per heavy atom. The molecule has 2 aromatic rings. The van der Waals surface area contributed by atoms with E-state index in [2.05, 4.69) is 10.6 Å². The average Bonchev–Trinajstić information content (AvgIpc) is 2.36. The molecular formula is C13H8Cl2N2O2. The Labute approximate surface area is 118 Å². The number of hydrogen-bond acceptors (Lipinski definition) is 3. The van der Waals surface area contributed by atoms with Gasteiger partial charge in [-0.05, 0) is 18.2 Å². The molecule has 0 saturated heterocycles. The third-order valence-corrected chi connectivity index (χ3v) is 3.76. The fraction of sp³-hybridized carbons (Fsp3) is 0.0769. The number of rotatable bonds is 1. The molecule has 4 nitrogen and oxygen atoms in total. The Balaban J connectivity index is 2.61. The number of halogens is 2. The zero-order chi connectivity index (χ0) is 13.7. The first-order chi connectivity index (χ1) is 9.04. The molecule has 0 aromatic heterocycles. The summed E-state index contributed by atoms with van der Waals surface area (Å²) in [7, 11) is 1.68. The van der Waals surface area contributed by atoms with E-state index in [0.717, 1.165) is 0 Å². The standard InChI is InChI=1S/C13H8Cl2N2O2/c1-16-8-4-7(15)10-6(14)3-2-5-9(10)11(8)13(19)17-12(5)18/h2-4,16H,1H3,(H,17,18,19). The molecule has 19 heavy (non-hydrogen) atoms. The maximum Gasteiger partial charge on any atom is 0.260 e. The average molecular weight is 295 g/mol. The van der Waals surface area contributed by atoms with Gasteiger partial charge in [0.2, 0.25) is 0 Å². The molecule has 1 aliphatic heterocycles. The van der Waals surface area contributed by atoms with Crippen LogP contribution in [0.5, 0.6) is 0 Å². The predicted molar refractivity (Wildman–Crippen MR) is 75.3 cm³/mol. The van der Waals surface area contributed by atoms with Crippen molar-refractivity contribution < 1.29 is 9.59 Å². The van der Waals surface area contributed by atoms with E-state index in [4.69, 9.17) is 23.2 Å². The van der Waals surface area contributed by atoms with E-state index in [1.807, 2.05) is 0 Å². The van der Waals surface area contributed by atoms with E-state index in [9.17, 15) is 9.59 Å². The molecule has 1 aliphatic rings. The van der Waals surface area contributed by atoms with Crippen molar-refractivity contribution in [2.24, 2.45) is 0 Å². The Morgan fingerprint density at radius 2 is 1.79 bits per heavy atom. The lowest BCUT2D eigenvalue weighted by molar-refractivity contribution is 0.0845. The molecule has 6 heteroatoms.